The Bertz CT molecular complexity index is 428. The van der Waals surface area contributed by atoms with Crippen LogP contribution in [0.3, 0.4) is 0 Å². The Hall–Kier alpha value is -2.10. The highest BCUT2D eigenvalue weighted by atomic mass is 19.1. The number of rotatable bonds is 7. The number of hydrogen-bond donors (Lipinski definition) is 0. The van der Waals surface area contributed by atoms with Gasteiger partial charge in [-0.15, -0.1) is 0 Å². The van der Waals surface area contributed by atoms with Crippen LogP contribution >= 0.6 is 0 Å². The second-order valence-electron chi connectivity index (χ2n) is 3.93. The zero-order chi connectivity index (χ0) is 14.3. The quantitative estimate of drug-likeness (QED) is 0.301. The molecule has 0 aromatic rings. The Balaban J connectivity index is 4.51. The number of nitrogens with zero attached hydrogens (tertiary/aromatic N) is 3. The second kappa shape index (κ2) is 7.27. The fraction of sp³-hybridized carbons (Fsp3) is 0.364. The maximum absolute atomic E-state index is 13.6. The largest absolute Gasteiger partial charge is 0.373 e. The van der Waals surface area contributed by atoms with Crippen molar-refractivity contribution >= 4 is 6.71 Å². The van der Waals surface area contributed by atoms with Crippen LogP contribution in [0.1, 0.15) is 0 Å². The molecular formula is C11H15BFN3O2. The third-order valence-corrected chi connectivity index (χ3v) is 2.38. The molecule has 0 amide bonds. The summed E-state index contributed by atoms with van der Waals surface area (Å²) in [6.45, 7) is 8.68. The van der Waals surface area contributed by atoms with Gasteiger partial charge in [-0.05, 0) is 12.9 Å². The monoisotopic (exact) mass is 251 g/mol. The summed E-state index contributed by atoms with van der Waals surface area (Å²) in [4.78, 5) is 11.0. The van der Waals surface area contributed by atoms with Crippen LogP contribution in [0, 0.1) is 21.3 Å². The molecule has 0 saturated heterocycles. The molecule has 96 valence electrons. The first-order valence-corrected chi connectivity index (χ1v) is 5.30. The Morgan fingerprint density at radius 2 is 2.22 bits per heavy atom. The zero-order valence-electron chi connectivity index (χ0n) is 10.5. The second-order valence-corrected chi connectivity index (χ2v) is 3.93. The Labute approximate surface area is 106 Å². The maximum Gasteiger partial charge on any atom is 0.266 e. The van der Waals surface area contributed by atoms with Crippen molar-refractivity contribution in [2.24, 2.45) is 0 Å². The highest BCUT2D eigenvalue weighted by Gasteiger charge is 2.13. The summed E-state index contributed by atoms with van der Waals surface area (Å²) in [6, 6.07) is 0. The number of halogens is 1. The summed E-state index contributed by atoms with van der Waals surface area (Å²) in [5.41, 5.74) is -0.504. The smallest absolute Gasteiger partial charge is 0.266 e. The lowest BCUT2D eigenvalue weighted by atomic mass is 9.51. The fourth-order valence-corrected chi connectivity index (χ4v) is 1.05. The van der Waals surface area contributed by atoms with E-state index in [1.807, 2.05) is 0 Å². The summed E-state index contributed by atoms with van der Waals surface area (Å²) in [6.07, 6.45) is 1.29. The predicted molar refractivity (Wildman–Crippen MR) is 69.1 cm³/mol. The van der Waals surface area contributed by atoms with Crippen LogP contribution in [0.2, 0.25) is 13.1 Å². The molecule has 0 saturated carbocycles. The van der Waals surface area contributed by atoms with E-state index in [4.69, 9.17) is 5.26 Å². The molecule has 0 aliphatic heterocycles. The maximum atomic E-state index is 13.6. The Kier molecular flexibility index (Phi) is 6.43. The van der Waals surface area contributed by atoms with Gasteiger partial charge in [0.05, 0.1) is 16.7 Å². The summed E-state index contributed by atoms with van der Waals surface area (Å²) < 4.78 is 13.6. The fourth-order valence-electron chi connectivity index (χ4n) is 1.05. The van der Waals surface area contributed by atoms with Crippen LogP contribution < -0.4 is 0 Å². The molecule has 0 spiro atoms. The molecule has 0 radical (unpaired) electrons. The molecule has 0 fully saturated rings. The third-order valence-electron chi connectivity index (χ3n) is 2.38. The number of allylic oxidation sites excluding steroid dienone is 2. The first-order valence-electron chi connectivity index (χ1n) is 5.30. The van der Waals surface area contributed by atoms with E-state index in [1.54, 1.807) is 13.9 Å². The van der Waals surface area contributed by atoms with Crippen molar-refractivity contribution < 1.29 is 9.31 Å². The molecule has 0 unspecified atom stereocenters. The highest BCUT2D eigenvalue weighted by molar-refractivity contribution is 6.65. The van der Waals surface area contributed by atoms with Gasteiger partial charge in [0, 0.05) is 19.6 Å². The normalized spacial score (nSPS) is 10.4. The van der Waals surface area contributed by atoms with Crippen molar-refractivity contribution in [2.45, 2.75) is 13.1 Å². The van der Waals surface area contributed by atoms with Crippen molar-refractivity contribution in [3.05, 3.63) is 46.6 Å². The van der Waals surface area contributed by atoms with Gasteiger partial charge in [0.15, 0.2) is 5.83 Å². The van der Waals surface area contributed by atoms with Crippen molar-refractivity contribution in [2.75, 3.05) is 13.6 Å². The molecule has 0 heterocycles. The van der Waals surface area contributed by atoms with Crippen LogP contribution in [0.4, 0.5) is 4.39 Å². The predicted octanol–water partition coefficient (Wildman–Crippen LogP) is 2.26. The van der Waals surface area contributed by atoms with Crippen molar-refractivity contribution in [1.29, 1.82) is 5.26 Å². The van der Waals surface area contributed by atoms with Crippen LogP contribution in [0.25, 0.3) is 0 Å². The van der Waals surface area contributed by atoms with Crippen LogP contribution in [-0.4, -0.2) is 30.1 Å². The molecule has 0 N–H and O–H groups in total. The number of hydrogen-bond acceptors (Lipinski definition) is 4. The molecule has 0 atom stereocenters. The van der Waals surface area contributed by atoms with E-state index >= 15 is 0 Å². The molecule has 5 nitrogen and oxygen atoms in total. The molecule has 0 aromatic carbocycles. The average Bonchev–Trinajstić information content (AvgIpc) is 2.33. The van der Waals surface area contributed by atoms with E-state index in [9.17, 15) is 14.5 Å². The van der Waals surface area contributed by atoms with Gasteiger partial charge < -0.3 is 4.90 Å². The van der Waals surface area contributed by atoms with Crippen molar-refractivity contribution in [1.82, 2.24) is 4.90 Å². The van der Waals surface area contributed by atoms with Crippen LogP contribution in [-0.2, 0) is 0 Å². The number of nitro groups is 1. The van der Waals surface area contributed by atoms with Gasteiger partial charge in [-0.2, -0.15) is 0 Å². The van der Waals surface area contributed by atoms with E-state index in [0.717, 1.165) is 6.08 Å². The first-order chi connectivity index (χ1) is 8.29. The van der Waals surface area contributed by atoms with Gasteiger partial charge in [0.1, 0.15) is 0 Å². The average molecular weight is 251 g/mol. The summed E-state index contributed by atoms with van der Waals surface area (Å²) in [5.74, 6) is 1.27. The van der Waals surface area contributed by atoms with E-state index in [0.29, 0.717) is 12.9 Å². The van der Waals surface area contributed by atoms with Crippen molar-refractivity contribution in [3.63, 3.8) is 0 Å². The zero-order valence-corrected chi connectivity index (χ0v) is 10.5. The Morgan fingerprint density at radius 3 is 2.67 bits per heavy atom. The Morgan fingerprint density at radius 1 is 1.67 bits per heavy atom. The van der Waals surface area contributed by atoms with E-state index < -0.39 is 16.4 Å². The minimum atomic E-state index is -0.802. The van der Waals surface area contributed by atoms with E-state index in [-0.39, 0.29) is 12.4 Å². The summed E-state index contributed by atoms with van der Waals surface area (Å²) in [5, 5.41) is 18.9. The molecular weight excluding hydrogens is 236 g/mol. The van der Waals surface area contributed by atoms with Gasteiger partial charge in [-0.25, -0.2) is 9.65 Å². The molecule has 18 heavy (non-hydrogen) atoms. The van der Waals surface area contributed by atoms with Gasteiger partial charge in [-0.1, -0.05) is 13.4 Å². The lowest BCUT2D eigenvalue weighted by molar-refractivity contribution is -0.418. The standard InChI is InChI=1S/C11H15BFN3O2/c1-9(16(17)18)7-11(13)10(2)15(4)6-5-12(3)8-14/h7H,1-2,5-6H2,3-4H3/b11-7+. The minimum Gasteiger partial charge on any atom is -0.373 e. The van der Waals surface area contributed by atoms with E-state index in [1.165, 1.54) is 4.90 Å². The summed E-state index contributed by atoms with van der Waals surface area (Å²) in [7, 11) is 1.61. The third kappa shape index (κ3) is 5.30. The topological polar surface area (TPSA) is 70.2 Å². The lowest BCUT2D eigenvalue weighted by Gasteiger charge is -2.20. The van der Waals surface area contributed by atoms with Crippen LogP contribution in [0.5, 0.6) is 0 Å². The molecule has 0 aliphatic carbocycles. The van der Waals surface area contributed by atoms with Gasteiger partial charge in [-0.3, -0.25) is 10.1 Å². The van der Waals surface area contributed by atoms with Gasteiger partial charge >= 0.3 is 0 Å². The van der Waals surface area contributed by atoms with Crippen LogP contribution in [0.15, 0.2) is 36.5 Å². The molecule has 0 rings (SSSR count). The van der Waals surface area contributed by atoms with Crippen molar-refractivity contribution in [3.8, 4) is 5.97 Å². The van der Waals surface area contributed by atoms with Gasteiger partial charge in [0.2, 0.25) is 0 Å². The molecule has 7 heteroatoms. The number of nitriles is 1. The number of likely N-dealkylation sites (N-methyl/N-ethyl adjacent to an activating group) is 1. The SMILES string of the molecule is C=C(/C(F)=C\C(=C)[N+](=O)[O-])N(C)CCB(C)C#N. The molecule has 0 bridgehead atoms. The van der Waals surface area contributed by atoms with Gasteiger partial charge in [0.25, 0.3) is 12.4 Å². The first kappa shape index (κ1) is 15.9. The minimum absolute atomic E-state index is 0.0307. The summed E-state index contributed by atoms with van der Waals surface area (Å²) >= 11 is 0. The molecule has 0 aromatic heterocycles. The molecule has 0 aliphatic rings. The highest BCUT2D eigenvalue weighted by Crippen LogP contribution is 2.16. The van der Waals surface area contributed by atoms with E-state index in [2.05, 4.69) is 19.1 Å². The lowest BCUT2D eigenvalue weighted by Crippen LogP contribution is -2.22.